The van der Waals surface area contributed by atoms with Crippen LogP contribution < -0.4 is 10.1 Å². The zero-order valence-corrected chi connectivity index (χ0v) is 20.2. The van der Waals surface area contributed by atoms with Gasteiger partial charge in [-0.3, -0.25) is 9.59 Å². The molecule has 0 aliphatic rings. The lowest BCUT2D eigenvalue weighted by Crippen LogP contribution is -2.51. The molecule has 5 nitrogen and oxygen atoms in total. The molecule has 3 aromatic rings. The van der Waals surface area contributed by atoms with Crippen LogP contribution in [0.3, 0.4) is 0 Å². The summed E-state index contributed by atoms with van der Waals surface area (Å²) < 4.78 is 5.67. The van der Waals surface area contributed by atoms with E-state index >= 15 is 0 Å². The lowest BCUT2D eigenvalue weighted by Gasteiger charge is -2.31. The second-order valence-corrected chi connectivity index (χ2v) is 8.61. The van der Waals surface area contributed by atoms with Crippen LogP contribution in [0.25, 0.3) is 0 Å². The predicted molar refractivity (Wildman–Crippen MR) is 132 cm³/mol. The molecule has 8 heteroatoms. The zero-order chi connectivity index (χ0) is 23.8. The minimum atomic E-state index is -0.745. The van der Waals surface area contributed by atoms with Crippen molar-refractivity contribution >= 4 is 46.6 Å². The molecule has 1 atom stereocenters. The Morgan fingerprint density at radius 1 is 0.909 bits per heavy atom. The van der Waals surface area contributed by atoms with Crippen LogP contribution in [0.5, 0.6) is 5.75 Å². The standard InChI is InChI=1S/C25H23Cl3N2O3/c1-29-25(32)22(13-17-5-3-2-4-6-17)30(15-18-7-9-19(26)10-8-18)24(31)16-33-23-12-11-20(27)14-21(23)28/h2-12,14,22H,13,15-16H2,1H3,(H,29,32)/t22-/m0/s1. The first kappa shape index (κ1) is 24.9. The van der Waals surface area contributed by atoms with E-state index in [9.17, 15) is 9.59 Å². The van der Waals surface area contributed by atoms with Crippen molar-refractivity contribution in [1.29, 1.82) is 0 Å². The number of halogens is 3. The molecule has 1 N–H and O–H groups in total. The monoisotopic (exact) mass is 504 g/mol. The van der Waals surface area contributed by atoms with Gasteiger partial charge in [0.1, 0.15) is 11.8 Å². The summed E-state index contributed by atoms with van der Waals surface area (Å²) in [6, 6.07) is 20.7. The summed E-state index contributed by atoms with van der Waals surface area (Å²) in [6.07, 6.45) is 0.349. The van der Waals surface area contributed by atoms with E-state index in [1.165, 1.54) is 11.0 Å². The molecule has 0 radical (unpaired) electrons. The minimum absolute atomic E-state index is 0.207. The van der Waals surface area contributed by atoms with Crippen molar-refractivity contribution in [3.8, 4) is 5.75 Å². The van der Waals surface area contributed by atoms with Crippen molar-refractivity contribution in [2.24, 2.45) is 0 Å². The Labute approximate surface area is 208 Å². The molecule has 0 saturated heterocycles. The summed E-state index contributed by atoms with van der Waals surface area (Å²) in [5.74, 6) is -0.299. The fraction of sp³-hybridized carbons (Fsp3) is 0.200. The van der Waals surface area contributed by atoms with Crippen molar-refractivity contribution in [1.82, 2.24) is 10.2 Å². The topological polar surface area (TPSA) is 58.6 Å². The lowest BCUT2D eigenvalue weighted by molar-refractivity contribution is -0.142. The summed E-state index contributed by atoms with van der Waals surface area (Å²) >= 11 is 18.1. The fourth-order valence-corrected chi connectivity index (χ4v) is 3.91. The Hall–Kier alpha value is -2.73. The molecule has 33 heavy (non-hydrogen) atoms. The van der Waals surface area contributed by atoms with Crippen LogP contribution in [-0.4, -0.2) is 36.4 Å². The number of ether oxygens (including phenoxy) is 1. The molecular formula is C25H23Cl3N2O3. The normalized spacial score (nSPS) is 11.5. The van der Waals surface area contributed by atoms with Crippen molar-refractivity contribution < 1.29 is 14.3 Å². The van der Waals surface area contributed by atoms with E-state index in [4.69, 9.17) is 39.5 Å². The van der Waals surface area contributed by atoms with Crippen LogP contribution in [-0.2, 0) is 22.6 Å². The summed E-state index contributed by atoms with van der Waals surface area (Å²) in [4.78, 5) is 27.7. The van der Waals surface area contributed by atoms with Gasteiger partial charge < -0.3 is 15.0 Å². The van der Waals surface area contributed by atoms with Gasteiger partial charge in [-0.15, -0.1) is 0 Å². The smallest absolute Gasteiger partial charge is 0.261 e. The molecule has 2 amide bonds. The summed E-state index contributed by atoms with van der Waals surface area (Å²) in [6.45, 7) is -0.0874. The number of amides is 2. The SMILES string of the molecule is CNC(=O)[C@H](Cc1ccccc1)N(Cc1ccc(Cl)cc1)C(=O)COc1ccc(Cl)cc1Cl. The highest BCUT2D eigenvalue weighted by atomic mass is 35.5. The van der Waals surface area contributed by atoms with Crippen molar-refractivity contribution in [3.63, 3.8) is 0 Å². The van der Waals surface area contributed by atoms with E-state index < -0.39 is 6.04 Å². The molecule has 3 aromatic carbocycles. The Kier molecular flexibility index (Phi) is 9.01. The van der Waals surface area contributed by atoms with E-state index in [2.05, 4.69) is 5.32 Å². The van der Waals surface area contributed by atoms with Gasteiger partial charge >= 0.3 is 0 Å². The van der Waals surface area contributed by atoms with Crippen LogP contribution in [0.4, 0.5) is 0 Å². The second-order valence-electron chi connectivity index (χ2n) is 7.33. The first-order valence-electron chi connectivity index (χ1n) is 10.2. The third kappa shape index (κ3) is 7.13. The highest BCUT2D eigenvalue weighted by Crippen LogP contribution is 2.27. The van der Waals surface area contributed by atoms with Crippen LogP contribution in [0, 0.1) is 0 Å². The molecule has 0 aromatic heterocycles. The summed E-state index contributed by atoms with van der Waals surface area (Å²) in [5.41, 5.74) is 1.76. The Balaban J connectivity index is 1.87. The van der Waals surface area contributed by atoms with Crippen molar-refractivity contribution in [2.75, 3.05) is 13.7 Å². The third-order valence-corrected chi connectivity index (χ3v) is 5.81. The van der Waals surface area contributed by atoms with Crippen LogP contribution in [0.1, 0.15) is 11.1 Å². The van der Waals surface area contributed by atoms with E-state index in [1.54, 1.807) is 31.3 Å². The Morgan fingerprint density at radius 3 is 2.21 bits per heavy atom. The van der Waals surface area contributed by atoms with Gasteiger partial charge in [-0.25, -0.2) is 0 Å². The van der Waals surface area contributed by atoms with Crippen LogP contribution in [0.15, 0.2) is 72.8 Å². The van der Waals surface area contributed by atoms with E-state index in [-0.39, 0.29) is 25.0 Å². The molecule has 0 aliphatic carbocycles. The number of likely N-dealkylation sites (N-methyl/N-ethyl adjacent to an activating group) is 1. The lowest BCUT2D eigenvalue weighted by atomic mass is 10.0. The number of benzene rings is 3. The maximum Gasteiger partial charge on any atom is 0.261 e. The maximum atomic E-state index is 13.3. The number of carbonyl (C=O) groups excluding carboxylic acids is 2. The second kappa shape index (κ2) is 11.9. The summed E-state index contributed by atoms with van der Waals surface area (Å²) in [5, 5.41) is 4.02. The quantitative estimate of drug-likeness (QED) is 0.423. The van der Waals surface area contributed by atoms with Gasteiger partial charge in [-0.05, 0) is 41.5 Å². The summed E-state index contributed by atoms with van der Waals surface area (Å²) in [7, 11) is 1.55. The molecule has 0 unspecified atom stereocenters. The van der Waals surface area contributed by atoms with Gasteiger partial charge in [-0.2, -0.15) is 0 Å². The highest BCUT2D eigenvalue weighted by Gasteiger charge is 2.30. The van der Waals surface area contributed by atoms with Gasteiger partial charge in [0.15, 0.2) is 6.61 Å². The van der Waals surface area contributed by atoms with Gasteiger partial charge in [0.25, 0.3) is 5.91 Å². The molecule has 0 aliphatic heterocycles. The first-order chi connectivity index (χ1) is 15.9. The number of carbonyl (C=O) groups is 2. The third-order valence-electron chi connectivity index (χ3n) is 5.03. The molecule has 0 spiro atoms. The van der Waals surface area contributed by atoms with Crippen LogP contribution in [0.2, 0.25) is 15.1 Å². The van der Waals surface area contributed by atoms with Crippen molar-refractivity contribution in [3.05, 3.63) is 99.0 Å². The van der Waals surface area contributed by atoms with E-state index in [0.717, 1.165) is 11.1 Å². The van der Waals surface area contributed by atoms with Gasteiger partial charge in [-0.1, -0.05) is 77.3 Å². The fourth-order valence-electron chi connectivity index (χ4n) is 3.32. The zero-order valence-electron chi connectivity index (χ0n) is 17.9. The Bertz CT molecular complexity index is 1090. The number of hydrogen-bond donors (Lipinski definition) is 1. The van der Waals surface area contributed by atoms with Gasteiger partial charge in [0, 0.05) is 30.1 Å². The molecule has 172 valence electrons. The predicted octanol–water partition coefficient (Wildman–Crippen LogP) is 5.41. The minimum Gasteiger partial charge on any atom is -0.482 e. The Morgan fingerprint density at radius 2 is 1.58 bits per heavy atom. The highest BCUT2D eigenvalue weighted by molar-refractivity contribution is 6.35. The molecule has 0 saturated carbocycles. The number of nitrogens with zero attached hydrogens (tertiary/aromatic N) is 1. The average Bonchev–Trinajstić information content (AvgIpc) is 2.82. The van der Waals surface area contributed by atoms with Gasteiger partial charge in [0.05, 0.1) is 5.02 Å². The number of nitrogens with one attached hydrogen (secondary N) is 1. The molecule has 0 fully saturated rings. The molecule has 0 heterocycles. The van der Waals surface area contributed by atoms with E-state index in [1.807, 2.05) is 42.5 Å². The number of rotatable bonds is 9. The molecule has 3 rings (SSSR count). The number of hydrogen-bond acceptors (Lipinski definition) is 3. The molecular weight excluding hydrogens is 483 g/mol. The van der Waals surface area contributed by atoms with Gasteiger partial charge in [0.2, 0.25) is 5.91 Å². The average molecular weight is 506 g/mol. The van der Waals surface area contributed by atoms with E-state index in [0.29, 0.717) is 27.2 Å². The van der Waals surface area contributed by atoms with Crippen molar-refractivity contribution in [2.45, 2.75) is 19.0 Å². The maximum absolute atomic E-state index is 13.3. The van der Waals surface area contributed by atoms with Crippen LogP contribution >= 0.6 is 34.8 Å². The first-order valence-corrected chi connectivity index (χ1v) is 11.4. The largest absolute Gasteiger partial charge is 0.482 e. The molecule has 0 bridgehead atoms.